The maximum absolute atomic E-state index is 15.4. The van der Waals surface area contributed by atoms with E-state index in [1.807, 2.05) is 30.3 Å². The first-order valence-electron chi connectivity index (χ1n) is 29.9. The third-order valence-electron chi connectivity index (χ3n) is 18.1. The number of fused-ring (bicyclic) bond motifs is 6. The van der Waals surface area contributed by atoms with Crippen molar-refractivity contribution in [1.82, 2.24) is 9.13 Å². The van der Waals surface area contributed by atoms with Gasteiger partial charge in [0.05, 0.1) is 45.6 Å². The Morgan fingerprint density at radius 3 is 0.989 bits per heavy atom. The third kappa shape index (κ3) is 9.52. The van der Waals surface area contributed by atoms with Crippen molar-refractivity contribution in [2.45, 2.75) is 96.2 Å². The van der Waals surface area contributed by atoms with Crippen molar-refractivity contribution >= 4 is 49.3 Å². The Hall–Kier alpha value is -9.70. The minimum Gasteiger partial charge on any atom is -0.309 e. The molecule has 0 radical (unpaired) electrons. The highest BCUT2D eigenvalue weighted by molar-refractivity contribution is 6.14. The van der Waals surface area contributed by atoms with Gasteiger partial charge in [0.2, 0.25) is 0 Å². The summed E-state index contributed by atoms with van der Waals surface area (Å²) >= 11 is 0. The highest BCUT2D eigenvalue weighted by Crippen LogP contribution is 2.48. The monoisotopic (exact) mass is 1140 g/mol. The van der Waals surface area contributed by atoms with Crippen LogP contribution < -0.4 is 0 Å². The standard InChI is InChI=1S/C81H68F3N3/c1-44-30-49(6)76(50(7)31-44)57-19-25-70-64(38-57)65-39-58(77-51(8)32-45(2)33-52(77)9)20-26-71(65)86(70)74-29-23-62(85-14)43-68(74)63-24-18-61(80-48(5)16-15-17-69(80)81(82,83)84)42-75(63)87-72-27-21-59(78-53(10)34-46(3)35-54(78)11)40-66(72)67-41-60(22-28-73(67)87)79-55(12)36-47(4)37-56(79)13/h15-43H,1-13H3. The topological polar surface area (TPSA) is 14.2 Å². The molecule has 0 unspecified atom stereocenters. The molecule has 0 saturated carbocycles. The van der Waals surface area contributed by atoms with Crippen molar-refractivity contribution < 1.29 is 13.2 Å². The zero-order valence-corrected chi connectivity index (χ0v) is 51.7. The van der Waals surface area contributed by atoms with Gasteiger partial charge in [-0.3, -0.25) is 0 Å². The summed E-state index contributed by atoms with van der Waals surface area (Å²) in [7, 11) is 0. The molecule has 0 aliphatic heterocycles. The molecule has 0 spiro atoms. The van der Waals surface area contributed by atoms with E-state index in [1.54, 1.807) is 13.0 Å². The van der Waals surface area contributed by atoms with Gasteiger partial charge in [0.25, 0.3) is 0 Å². The van der Waals surface area contributed by atoms with Crippen molar-refractivity contribution in [3.63, 3.8) is 0 Å². The lowest BCUT2D eigenvalue weighted by molar-refractivity contribution is -0.137. The molecule has 0 saturated heterocycles. The molecule has 3 nitrogen and oxygen atoms in total. The summed E-state index contributed by atoms with van der Waals surface area (Å²) in [5, 5.41) is 4.18. The van der Waals surface area contributed by atoms with Crippen LogP contribution in [0.2, 0.25) is 0 Å². The van der Waals surface area contributed by atoms with E-state index in [-0.39, 0.29) is 5.56 Å². The van der Waals surface area contributed by atoms with Gasteiger partial charge in [-0.2, -0.15) is 13.2 Å². The van der Waals surface area contributed by atoms with Crippen LogP contribution in [0.4, 0.5) is 18.9 Å². The van der Waals surface area contributed by atoms with Crippen molar-refractivity contribution in [3.8, 4) is 78.1 Å². The van der Waals surface area contributed by atoms with E-state index in [0.717, 1.165) is 82.7 Å². The predicted molar refractivity (Wildman–Crippen MR) is 361 cm³/mol. The number of hydrogen-bond donors (Lipinski definition) is 0. The molecule has 428 valence electrons. The summed E-state index contributed by atoms with van der Waals surface area (Å²) in [4.78, 5) is 4.07. The molecule has 0 N–H and O–H groups in total. The van der Waals surface area contributed by atoms with Crippen LogP contribution in [0.25, 0.3) is 127 Å². The van der Waals surface area contributed by atoms with E-state index >= 15 is 13.2 Å². The first-order chi connectivity index (χ1) is 41.6. The first kappa shape index (κ1) is 56.4. The Bertz CT molecular complexity index is 4800. The van der Waals surface area contributed by atoms with Crippen molar-refractivity contribution in [1.29, 1.82) is 0 Å². The van der Waals surface area contributed by atoms with Crippen molar-refractivity contribution in [2.24, 2.45) is 0 Å². The van der Waals surface area contributed by atoms with E-state index in [2.05, 4.69) is 224 Å². The van der Waals surface area contributed by atoms with E-state index in [1.165, 1.54) is 101 Å². The smallest absolute Gasteiger partial charge is 0.309 e. The number of aromatic nitrogens is 2. The number of benzene rings is 11. The second-order valence-corrected chi connectivity index (χ2v) is 24.7. The number of hydrogen-bond acceptors (Lipinski definition) is 0. The van der Waals surface area contributed by atoms with Crippen LogP contribution in [-0.4, -0.2) is 9.13 Å². The third-order valence-corrected chi connectivity index (χ3v) is 18.1. The maximum atomic E-state index is 15.4. The summed E-state index contributed by atoms with van der Waals surface area (Å²) in [5.41, 5.74) is 31.2. The molecular formula is C81H68F3N3. The lowest BCUT2D eigenvalue weighted by Gasteiger charge is -2.22. The summed E-state index contributed by atoms with van der Waals surface area (Å²) < 4.78 is 50.9. The highest BCUT2D eigenvalue weighted by atomic mass is 19.4. The van der Waals surface area contributed by atoms with Crippen LogP contribution >= 0.6 is 0 Å². The predicted octanol–water partition coefficient (Wildman–Crippen LogP) is 23.5. The SMILES string of the molecule is [C-]#[N+]c1ccc(-n2c3ccc(-c4c(C)cc(C)cc4C)cc3c3cc(-c4c(C)cc(C)cc4C)ccc32)c(-c2ccc(-c3c(C)cccc3C(F)(F)F)cc2-n2c3ccc(-c4c(C)cc(C)cc4C)cc3c3cc(-c4c(C)cc(C)cc4C)ccc32)c1. The summed E-state index contributed by atoms with van der Waals surface area (Å²) in [6, 6.07) is 61.0. The Balaban J connectivity index is 1.15. The Morgan fingerprint density at radius 1 is 0.310 bits per heavy atom. The summed E-state index contributed by atoms with van der Waals surface area (Å²) in [5.74, 6) is 0. The van der Waals surface area contributed by atoms with Gasteiger partial charge in [-0.1, -0.05) is 125 Å². The number of aryl methyl sites for hydroxylation is 13. The zero-order valence-electron chi connectivity index (χ0n) is 51.7. The lowest BCUT2D eigenvalue weighted by Crippen LogP contribution is -2.08. The van der Waals surface area contributed by atoms with Gasteiger partial charge in [-0.05, 0) is 274 Å². The highest BCUT2D eigenvalue weighted by Gasteiger charge is 2.35. The zero-order chi connectivity index (χ0) is 61.2. The molecule has 2 aromatic heterocycles. The van der Waals surface area contributed by atoms with Gasteiger partial charge in [-0.25, -0.2) is 4.85 Å². The molecule has 87 heavy (non-hydrogen) atoms. The quantitative estimate of drug-likeness (QED) is 0.135. The second kappa shape index (κ2) is 21.1. The fourth-order valence-corrected chi connectivity index (χ4v) is 15.1. The Kier molecular flexibility index (Phi) is 13.7. The van der Waals surface area contributed by atoms with Crippen LogP contribution in [0, 0.1) is 96.6 Å². The van der Waals surface area contributed by atoms with Crippen LogP contribution in [0.1, 0.15) is 77.9 Å². The Morgan fingerprint density at radius 2 is 0.644 bits per heavy atom. The van der Waals surface area contributed by atoms with E-state index in [4.69, 9.17) is 6.57 Å². The molecule has 11 aromatic carbocycles. The Labute approximate surface area is 508 Å². The van der Waals surface area contributed by atoms with Crippen LogP contribution in [-0.2, 0) is 6.18 Å². The summed E-state index contributed by atoms with van der Waals surface area (Å²) in [6.45, 7) is 36.3. The number of nitrogens with zero attached hydrogens (tertiary/aromatic N) is 3. The molecular weight excluding hydrogens is 1070 g/mol. The molecule has 0 bridgehead atoms. The van der Waals surface area contributed by atoms with Crippen molar-refractivity contribution in [2.75, 3.05) is 0 Å². The molecule has 0 atom stereocenters. The van der Waals surface area contributed by atoms with Gasteiger partial charge >= 0.3 is 6.18 Å². The second-order valence-electron chi connectivity index (χ2n) is 24.7. The van der Waals surface area contributed by atoms with E-state index < -0.39 is 11.7 Å². The van der Waals surface area contributed by atoms with Gasteiger partial charge in [0, 0.05) is 27.1 Å². The minimum atomic E-state index is -4.63. The normalized spacial score (nSPS) is 11.9. The number of rotatable bonds is 8. The summed E-state index contributed by atoms with van der Waals surface area (Å²) in [6.07, 6.45) is -4.63. The number of halogens is 3. The lowest BCUT2D eigenvalue weighted by atomic mass is 9.91. The average Bonchev–Trinajstić information content (AvgIpc) is 1.73. The molecule has 0 amide bonds. The molecule has 13 rings (SSSR count). The first-order valence-corrected chi connectivity index (χ1v) is 29.9. The van der Waals surface area contributed by atoms with Gasteiger partial charge in [0.15, 0.2) is 5.69 Å². The van der Waals surface area contributed by atoms with E-state index in [9.17, 15) is 0 Å². The van der Waals surface area contributed by atoms with Crippen LogP contribution in [0.5, 0.6) is 0 Å². The fraction of sp³-hybridized carbons (Fsp3) is 0.173. The van der Waals surface area contributed by atoms with Crippen LogP contribution in [0.3, 0.4) is 0 Å². The number of alkyl halides is 3. The molecule has 0 aliphatic rings. The maximum Gasteiger partial charge on any atom is 0.417 e. The largest absolute Gasteiger partial charge is 0.417 e. The molecule has 0 fully saturated rings. The van der Waals surface area contributed by atoms with Crippen LogP contribution in [0.15, 0.2) is 176 Å². The van der Waals surface area contributed by atoms with Gasteiger partial charge in [-0.15, -0.1) is 0 Å². The minimum absolute atomic E-state index is 0.126. The van der Waals surface area contributed by atoms with E-state index in [0.29, 0.717) is 22.5 Å². The molecule has 0 aliphatic carbocycles. The van der Waals surface area contributed by atoms with Crippen molar-refractivity contribution in [3.05, 3.63) is 265 Å². The average molecular weight is 1140 g/mol. The van der Waals surface area contributed by atoms with Gasteiger partial charge in [0.1, 0.15) is 0 Å². The molecule has 13 aromatic rings. The van der Waals surface area contributed by atoms with Gasteiger partial charge < -0.3 is 9.13 Å². The molecule has 6 heteroatoms. The molecule has 2 heterocycles. The fourth-order valence-electron chi connectivity index (χ4n) is 15.1.